The van der Waals surface area contributed by atoms with Crippen LogP contribution in [0.4, 0.5) is 0 Å². The summed E-state index contributed by atoms with van der Waals surface area (Å²) in [5.74, 6) is 0.0317. The van der Waals surface area contributed by atoms with Crippen LogP contribution >= 0.6 is 0 Å². The number of tetrazole rings is 1. The zero-order valence-corrected chi connectivity index (χ0v) is 14.4. The van der Waals surface area contributed by atoms with Gasteiger partial charge in [-0.25, -0.2) is 4.68 Å². The van der Waals surface area contributed by atoms with Crippen LogP contribution in [-0.2, 0) is 16.0 Å². The molecule has 0 radical (unpaired) electrons. The van der Waals surface area contributed by atoms with Gasteiger partial charge in [0, 0.05) is 19.1 Å². The fourth-order valence-corrected chi connectivity index (χ4v) is 3.22. The van der Waals surface area contributed by atoms with Gasteiger partial charge in [-0.1, -0.05) is 12.1 Å². The van der Waals surface area contributed by atoms with Crippen molar-refractivity contribution >= 4 is 5.91 Å². The first-order valence-electron chi connectivity index (χ1n) is 8.49. The molecule has 134 valence electrons. The van der Waals surface area contributed by atoms with Crippen molar-refractivity contribution in [1.29, 1.82) is 0 Å². The second-order valence-electron chi connectivity index (χ2n) is 6.56. The minimum Gasteiger partial charge on any atom is -0.384 e. The largest absolute Gasteiger partial charge is 0.384 e. The summed E-state index contributed by atoms with van der Waals surface area (Å²) in [5, 5.41) is 17.5. The third-order valence-corrected chi connectivity index (χ3v) is 4.69. The topological polar surface area (TPSA) is 94.0 Å². The number of carbonyl (C=O) groups excluding carboxylic acids is 1. The number of ether oxygens (including phenoxy) is 1. The van der Waals surface area contributed by atoms with E-state index in [1.54, 1.807) is 11.8 Å². The fourth-order valence-electron chi connectivity index (χ4n) is 3.22. The van der Waals surface area contributed by atoms with Crippen LogP contribution in [0.2, 0.25) is 0 Å². The third-order valence-electron chi connectivity index (χ3n) is 4.69. The average molecular weight is 344 g/mol. The molecular formula is C17H24N6O2. The zero-order chi connectivity index (χ0) is 17.5. The molecule has 1 aliphatic rings. The molecule has 0 saturated carbocycles. The number of benzene rings is 1. The first-order chi connectivity index (χ1) is 12.2. The van der Waals surface area contributed by atoms with Crippen LogP contribution < -0.4 is 10.6 Å². The first kappa shape index (κ1) is 17.5. The number of nitrogens with one attached hydrogen (secondary N) is 2. The summed E-state index contributed by atoms with van der Waals surface area (Å²) in [5.41, 5.74) is 1.86. The fraction of sp³-hybridized carbons (Fsp3) is 0.529. The van der Waals surface area contributed by atoms with E-state index in [-0.39, 0.29) is 11.3 Å². The summed E-state index contributed by atoms with van der Waals surface area (Å²) in [6, 6.07) is 7.65. The molecule has 0 unspecified atom stereocenters. The van der Waals surface area contributed by atoms with Gasteiger partial charge in [-0.2, -0.15) is 0 Å². The molecular weight excluding hydrogens is 320 g/mol. The average Bonchev–Trinajstić information content (AvgIpc) is 3.17. The summed E-state index contributed by atoms with van der Waals surface area (Å²) in [6.07, 6.45) is 3.93. The third kappa shape index (κ3) is 4.61. The number of piperidine rings is 1. The van der Waals surface area contributed by atoms with E-state index in [1.165, 1.54) is 6.33 Å². The molecule has 0 bridgehead atoms. The van der Waals surface area contributed by atoms with Crippen molar-refractivity contribution in [2.75, 3.05) is 33.4 Å². The maximum Gasteiger partial charge on any atom is 0.224 e. The Labute approximate surface area is 146 Å². The molecule has 1 aliphatic heterocycles. The molecule has 1 saturated heterocycles. The Morgan fingerprint density at radius 1 is 1.32 bits per heavy atom. The molecule has 1 aromatic carbocycles. The van der Waals surface area contributed by atoms with Crippen molar-refractivity contribution in [2.45, 2.75) is 19.3 Å². The zero-order valence-electron chi connectivity index (χ0n) is 14.4. The summed E-state index contributed by atoms with van der Waals surface area (Å²) < 4.78 is 6.97. The smallest absolute Gasteiger partial charge is 0.224 e. The SMILES string of the molecule is COCC1(CNC(=O)Cc2ccc(-n3cnnn3)cc2)CCNCC1. The summed E-state index contributed by atoms with van der Waals surface area (Å²) in [6.45, 7) is 3.27. The summed E-state index contributed by atoms with van der Waals surface area (Å²) >= 11 is 0. The Morgan fingerprint density at radius 2 is 2.08 bits per heavy atom. The molecule has 3 rings (SSSR count). The van der Waals surface area contributed by atoms with Gasteiger partial charge in [0.25, 0.3) is 0 Å². The normalized spacial score (nSPS) is 16.5. The number of rotatable bonds is 7. The maximum absolute atomic E-state index is 12.3. The number of hydrogen-bond acceptors (Lipinski definition) is 6. The van der Waals surface area contributed by atoms with Crippen molar-refractivity contribution in [1.82, 2.24) is 30.8 Å². The highest BCUT2D eigenvalue weighted by molar-refractivity contribution is 5.78. The molecule has 0 aliphatic carbocycles. The Bertz CT molecular complexity index is 659. The van der Waals surface area contributed by atoms with Crippen LogP contribution in [0, 0.1) is 5.41 Å². The number of aromatic nitrogens is 4. The van der Waals surface area contributed by atoms with E-state index in [2.05, 4.69) is 26.2 Å². The van der Waals surface area contributed by atoms with Crippen LogP contribution in [-0.4, -0.2) is 59.5 Å². The van der Waals surface area contributed by atoms with E-state index >= 15 is 0 Å². The van der Waals surface area contributed by atoms with E-state index in [4.69, 9.17) is 4.74 Å². The molecule has 0 atom stereocenters. The molecule has 1 fully saturated rings. The van der Waals surface area contributed by atoms with Gasteiger partial charge in [-0.3, -0.25) is 4.79 Å². The Balaban J connectivity index is 1.53. The first-order valence-corrected chi connectivity index (χ1v) is 8.49. The minimum absolute atomic E-state index is 0.0317. The van der Waals surface area contributed by atoms with Crippen molar-refractivity contribution in [3.8, 4) is 5.69 Å². The lowest BCUT2D eigenvalue weighted by atomic mass is 9.79. The predicted molar refractivity (Wildman–Crippen MR) is 92.3 cm³/mol. The maximum atomic E-state index is 12.3. The van der Waals surface area contributed by atoms with E-state index in [9.17, 15) is 4.79 Å². The van der Waals surface area contributed by atoms with Crippen LogP contribution in [0.1, 0.15) is 18.4 Å². The van der Waals surface area contributed by atoms with Crippen molar-refractivity contribution in [3.05, 3.63) is 36.2 Å². The van der Waals surface area contributed by atoms with E-state index < -0.39 is 0 Å². The van der Waals surface area contributed by atoms with Crippen LogP contribution in [0.3, 0.4) is 0 Å². The van der Waals surface area contributed by atoms with Crippen LogP contribution in [0.15, 0.2) is 30.6 Å². The number of nitrogens with zero attached hydrogens (tertiary/aromatic N) is 4. The predicted octanol–water partition coefficient (Wildman–Crippen LogP) is 0.337. The van der Waals surface area contributed by atoms with Gasteiger partial charge in [0.15, 0.2) is 0 Å². The van der Waals surface area contributed by atoms with Gasteiger partial charge in [-0.05, 0) is 54.1 Å². The lowest BCUT2D eigenvalue weighted by Crippen LogP contribution is -2.47. The molecule has 25 heavy (non-hydrogen) atoms. The lowest BCUT2D eigenvalue weighted by molar-refractivity contribution is -0.121. The quantitative estimate of drug-likeness (QED) is 0.752. The van der Waals surface area contributed by atoms with Gasteiger partial charge < -0.3 is 15.4 Å². The van der Waals surface area contributed by atoms with Crippen molar-refractivity contribution in [3.63, 3.8) is 0 Å². The second-order valence-corrected chi connectivity index (χ2v) is 6.56. The monoisotopic (exact) mass is 344 g/mol. The number of amides is 1. The van der Waals surface area contributed by atoms with Crippen LogP contribution in [0.5, 0.6) is 0 Å². The van der Waals surface area contributed by atoms with E-state index in [1.807, 2.05) is 24.3 Å². The van der Waals surface area contributed by atoms with Crippen LogP contribution in [0.25, 0.3) is 5.69 Å². The highest BCUT2D eigenvalue weighted by atomic mass is 16.5. The summed E-state index contributed by atoms with van der Waals surface area (Å²) in [4.78, 5) is 12.3. The van der Waals surface area contributed by atoms with Gasteiger partial charge in [0.1, 0.15) is 6.33 Å². The van der Waals surface area contributed by atoms with Gasteiger partial charge in [0.2, 0.25) is 5.91 Å². The van der Waals surface area contributed by atoms with E-state index in [0.717, 1.165) is 37.2 Å². The molecule has 1 amide bonds. The highest BCUT2D eigenvalue weighted by Crippen LogP contribution is 2.28. The molecule has 8 heteroatoms. The molecule has 2 heterocycles. The Morgan fingerprint density at radius 3 is 2.72 bits per heavy atom. The van der Waals surface area contributed by atoms with Gasteiger partial charge in [-0.15, -0.1) is 5.10 Å². The molecule has 2 aromatic rings. The number of hydrogen-bond donors (Lipinski definition) is 2. The molecule has 2 N–H and O–H groups in total. The van der Waals surface area contributed by atoms with E-state index in [0.29, 0.717) is 19.6 Å². The Hall–Kier alpha value is -2.32. The highest BCUT2D eigenvalue weighted by Gasteiger charge is 2.32. The minimum atomic E-state index is 0.0317. The van der Waals surface area contributed by atoms with Crippen molar-refractivity contribution in [2.24, 2.45) is 5.41 Å². The Kier molecular flexibility index (Phi) is 5.72. The molecule has 1 aromatic heterocycles. The standard InChI is InChI=1S/C17H24N6O2/c1-25-12-17(6-8-18-9-7-17)11-19-16(24)10-14-2-4-15(5-3-14)23-13-20-21-22-23/h2-5,13,18H,6-12H2,1H3,(H,19,24). The molecule has 0 spiro atoms. The molecule has 8 nitrogen and oxygen atoms in total. The number of carbonyl (C=O) groups is 1. The summed E-state index contributed by atoms with van der Waals surface area (Å²) in [7, 11) is 1.72. The van der Waals surface area contributed by atoms with Crippen molar-refractivity contribution < 1.29 is 9.53 Å². The lowest BCUT2D eigenvalue weighted by Gasteiger charge is -2.37. The second kappa shape index (κ2) is 8.17. The van der Waals surface area contributed by atoms with Gasteiger partial charge in [0.05, 0.1) is 18.7 Å². The van der Waals surface area contributed by atoms with Gasteiger partial charge >= 0.3 is 0 Å². The number of methoxy groups -OCH3 is 1.